The predicted molar refractivity (Wildman–Crippen MR) is 73.4 cm³/mol. The molecule has 0 fully saturated rings. The molecule has 3 heteroatoms. The molecule has 0 unspecified atom stereocenters. The Bertz CT molecular complexity index is 565. The van der Waals surface area contributed by atoms with Crippen LogP contribution in [0.15, 0.2) is 48.5 Å². The van der Waals surface area contributed by atoms with Crippen molar-refractivity contribution in [2.45, 2.75) is 0 Å². The van der Waals surface area contributed by atoms with Crippen molar-refractivity contribution < 1.29 is 0 Å². The van der Waals surface area contributed by atoms with Crippen molar-refractivity contribution in [3.63, 3.8) is 0 Å². The summed E-state index contributed by atoms with van der Waals surface area (Å²) in [6, 6.07) is 17.7. The minimum atomic E-state index is 0.651. The largest absolute Gasteiger partial charge is 0.315 e. The van der Waals surface area contributed by atoms with Gasteiger partial charge in [-0.1, -0.05) is 35.3 Å². The van der Waals surface area contributed by atoms with Crippen LogP contribution >= 0.6 is 23.2 Å². The first-order valence-corrected chi connectivity index (χ1v) is 5.78. The van der Waals surface area contributed by atoms with E-state index in [1.807, 2.05) is 36.4 Å². The Balaban J connectivity index is 2.09. The van der Waals surface area contributed by atoms with Gasteiger partial charge in [0.2, 0.25) is 0 Å². The molecule has 0 aliphatic heterocycles. The van der Waals surface area contributed by atoms with Crippen molar-refractivity contribution in [1.29, 1.82) is 0 Å². The molecular formula is C14H9Cl2N. The summed E-state index contributed by atoms with van der Waals surface area (Å²) in [5, 5.41) is 4.32. The molecule has 0 saturated heterocycles. The van der Waals surface area contributed by atoms with Gasteiger partial charge in [-0.25, -0.2) is 0 Å². The number of hydrogen-bond acceptors (Lipinski definition) is 1. The second-order valence-electron chi connectivity index (χ2n) is 3.36. The third-order valence-corrected chi connectivity index (χ3v) is 2.70. The summed E-state index contributed by atoms with van der Waals surface area (Å²) in [7, 11) is 0. The molecule has 2 aromatic rings. The van der Waals surface area contributed by atoms with E-state index in [1.54, 1.807) is 12.1 Å². The standard InChI is InChI=1S/C14H9Cl2N/c15-12-5-7-13(8-6-12)17-10-9-11-3-1-2-4-14(11)16/h1-8,17H. The SMILES string of the molecule is Clc1ccc(NC#Cc2ccccc2Cl)cc1. The molecule has 0 radical (unpaired) electrons. The zero-order chi connectivity index (χ0) is 12.1. The van der Waals surface area contributed by atoms with Gasteiger partial charge < -0.3 is 5.32 Å². The van der Waals surface area contributed by atoms with Crippen LogP contribution < -0.4 is 5.32 Å². The number of anilines is 1. The van der Waals surface area contributed by atoms with E-state index in [0.29, 0.717) is 10.0 Å². The number of benzene rings is 2. The smallest absolute Gasteiger partial charge is 0.0563 e. The van der Waals surface area contributed by atoms with Gasteiger partial charge in [-0.15, -0.1) is 0 Å². The quantitative estimate of drug-likeness (QED) is 0.592. The highest BCUT2D eigenvalue weighted by atomic mass is 35.5. The fourth-order valence-electron chi connectivity index (χ4n) is 1.27. The Kier molecular flexibility index (Phi) is 3.93. The molecule has 17 heavy (non-hydrogen) atoms. The maximum Gasteiger partial charge on any atom is 0.0563 e. The first kappa shape index (κ1) is 11.9. The van der Waals surface area contributed by atoms with Crippen LogP contribution in [0.5, 0.6) is 0 Å². The fraction of sp³-hybridized carbons (Fsp3) is 0. The van der Waals surface area contributed by atoms with Crippen molar-refractivity contribution in [1.82, 2.24) is 0 Å². The van der Waals surface area contributed by atoms with E-state index in [4.69, 9.17) is 23.2 Å². The fourth-order valence-corrected chi connectivity index (χ4v) is 1.58. The van der Waals surface area contributed by atoms with Gasteiger partial charge in [0.25, 0.3) is 0 Å². The summed E-state index contributed by atoms with van der Waals surface area (Å²) in [5.74, 6) is 2.95. The van der Waals surface area contributed by atoms with Crippen LogP contribution in [-0.2, 0) is 0 Å². The lowest BCUT2D eigenvalue weighted by atomic mass is 10.2. The van der Waals surface area contributed by atoms with Crippen molar-refractivity contribution >= 4 is 28.9 Å². The molecule has 2 aromatic carbocycles. The van der Waals surface area contributed by atoms with Crippen molar-refractivity contribution in [2.24, 2.45) is 0 Å². The Morgan fingerprint density at radius 2 is 1.59 bits per heavy atom. The summed E-state index contributed by atoms with van der Waals surface area (Å²) in [4.78, 5) is 0. The van der Waals surface area contributed by atoms with Gasteiger partial charge in [0, 0.05) is 22.3 Å². The highest BCUT2D eigenvalue weighted by molar-refractivity contribution is 6.31. The van der Waals surface area contributed by atoms with Crippen LogP contribution in [0.2, 0.25) is 10.0 Å². The molecule has 0 amide bonds. The minimum Gasteiger partial charge on any atom is -0.315 e. The summed E-state index contributed by atoms with van der Waals surface area (Å²) < 4.78 is 0. The van der Waals surface area contributed by atoms with Gasteiger partial charge in [-0.05, 0) is 42.3 Å². The third-order valence-electron chi connectivity index (χ3n) is 2.12. The molecule has 2 rings (SSSR count). The normalized spacial score (nSPS) is 9.29. The number of hydrogen-bond donors (Lipinski definition) is 1. The van der Waals surface area contributed by atoms with Crippen LogP contribution in [-0.4, -0.2) is 0 Å². The molecule has 0 bridgehead atoms. The molecule has 0 saturated carbocycles. The minimum absolute atomic E-state index is 0.651. The first-order chi connectivity index (χ1) is 8.25. The van der Waals surface area contributed by atoms with E-state index in [1.165, 1.54) is 0 Å². The van der Waals surface area contributed by atoms with Crippen LogP contribution in [0.4, 0.5) is 5.69 Å². The Morgan fingerprint density at radius 3 is 2.29 bits per heavy atom. The summed E-state index contributed by atoms with van der Waals surface area (Å²) in [6.45, 7) is 0. The summed E-state index contributed by atoms with van der Waals surface area (Å²) in [6.07, 6.45) is 0. The van der Waals surface area contributed by atoms with E-state index >= 15 is 0 Å². The van der Waals surface area contributed by atoms with E-state index in [9.17, 15) is 0 Å². The van der Waals surface area contributed by atoms with Crippen LogP contribution in [0, 0.1) is 12.0 Å². The topological polar surface area (TPSA) is 12.0 Å². The van der Waals surface area contributed by atoms with Gasteiger partial charge in [0.15, 0.2) is 0 Å². The molecule has 0 aliphatic rings. The molecule has 0 aromatic heterocycles. The molecule has 1 nitrogen and oxygen atoms in total. The van der Waals surface area contributed by atoms with Crippen LogP contribution in [0.1, 0.15) is 5.56 Å². The van der Waals surface area contributed by atoms with Crippen molar-refractivity contribution in [3.05, 3.63) is 64.1 Å². The monoisotopic (exact) mass is 261 g/mol. The molecule has 0 atom stereocenters. The van der Waals surface area contributed by atoms with E-state index in [2.05, 4.69) is 17.3 Å². The maximum absolute atomic E-state index is 5.98. The summed E-state index contributed by atoms with van der Waals surface area (Å²) >= 11 is 11.8. The van der Waals surface area contributed by atoms with E-state index in [0.717, 1.165) is 11.3 Å². The lowest BCUT2D eigenvalue weighted by Gasteiger charge is -1.97. The van der Waals surface area contributed by atoms with Gasteiger partial charge in [0.05, 0.1) is 5.02 Å². The summed E-state index contributed by atoms with van der Waals surface area (Å²) in [5.41, 5.74) is 1.70. The average Bonchev–Trinajstić information content (AvgIpc) is 2.34. The van der Waals surface area contributed by atoms with Gasteiger partial charge >= 0.3 is 0 Å². The molecule has 0 aliphatic carbocycles. The maximum atomic E-state index is 5.98. The van der Waals surface area contributed by atoms with Crippen LogP contribution in [0.25, 0.3) is 0 Å². The van der Waals surface area contributed by atoms with Crippen LogP contribution in [0.3, 0.4) is 0 Å². The molecule has 1 N–H and O–H groups in total. The van der Waals surface area contributed by atoms with Gasteiger partial charge in [0.1, 0.15) is 0 Å². The highest BCUT2D eigenvalue weighted by Gasteiger charge is 1.93. The molecule has 84 valence electrons. The number of nitrogens with one attached hydrogen (secondary N) is 1. The molecule has 0 spiro atoms. The van der Waals surface area contributed by atoms with Crippen molar-refractivity contribution in [2.75, 3.05) is 5.32 Å². The lowest BCUT2D eigenvalue weighted by molar-refractivity contribution is 1.61. The zero-order valence-electron chi connectivity index (χ0n) is 8.87. The average molecular weight is 262 g/mol. The lowest BCUT2D eigenvalue weighted by Crippen LogP contribution is -1.87. The van der Waals surface area contributed by atoms with E-state index in [-0.39, 0.29) is 0 Å². The Hall–Kier alpha value is -1.62. The third kappa shape index (κ3) is 3.42. The number of halogens is 2. The second-order valence-corrected chi connectivity index (χ2v) is 4.21. The second kappa shape index (κ2) is 5.63. The number of rotatable bonds is 1. The van der Waals surface area contributed by atoms with Gasteiger partial charge in [-0.3, -0.25) is 0 Å². The molecule has 0 heterocycles. The van der Waals surface area contributed by atoms with Gasteiger partial charge in [-0.2, -0.15) is 0 Å². The van der Waals surface area contributed by atoms with Crippen molar-refractivity contribution in [3.8, 4) is 12.0 Å². The first-order valence-electron chi connectivity index (χ1n) is 5.03. The van der Waals surface area contributed by atoms with E-state index < -0.39 is 0 Å². The zero-order valence-corrected chi connectivity index (χ0v) is 10.4. The molecular weight excluding hydrogens is 253 g/mol. The Morgan fingerprint density at radius 1 is 0.882 bits per heavy atom. The highest BCUT2D eigenvalue weighted by Crippen LogP contribution is 2.14. The predicted octanol–water partition coefficient (Wildman–Crippen LogP) is 4.41. The Labute approximate surface area is 110 Å².